The maximum absolute atomic E-state index is 13.8. The molecule has 0 fully saturated rings. The topological polar surface area (TPSA) is 81.7 Å². The van der Waals surface area contributed by atoms with Crippen LogP contribution in [-0.2, 0) is 29.4 Å². The molecule has 0 radical (unpaired) electrons. The smallest absolute Gasteiger partial charge is 0.211 e. The van der Waals surface area contributed by atoms with Crippen molar-refractivity contribution in [1.82, 2.24) is 14.9 Å². The molecule has 0 bridgehead atoms. The van der Waals surface area contributed by atoms with Crippen LogP contribution in [0.1, 0.15) is 23.6 Å². The highest BCUT2D eigenvalue weighted by Crippen LogP contribution is 2.29. The normalized spacial score (nSPS) is 18.0. The fourth-order valence-corrected chi connectivity index (χ4v) is 5.72. The first kappa shape index (κ1) is 25.6. The Morgan fingerprint density at radius 1 is 1.12 bits per heavy atom. The molecule has 6 nitrogen and oxygen atoms in total. The lowest BCUT2D eigenvalue weighted by Gasteiger charge is -2.36. The zero-order chi connectivity index (χ0) is 24.0. The minimum atomic E-state index is -3.52. The highest BCUT2D eigenvalue weighted by Gasteiger charge is 2.33. The summed E-state index contributed by atoms with van der Waals surface area (Å²) >= 11 is 1.24. The van der Waals surface area contributed by atoms with Crippen molar-refractivity contribution in [3.63, 3.8) is 0 Å². The summed E-state index contributed by atoms with van der Waals surface area (Å²) < 4.78 is 53.7. The fourth-order valence-electron chi connectivity index (χ4n) is 3.75. The summed E-state index contributed by atoms with van der Waals surface area (Å²) in [6.07, 6.45) is 2.84. The summed E-state index contributed by atoms with van der Waals surface area (Å²) in [6.45, 7) is 2.83. The van der Waals surface area contributed by atoms with Crippen LogP contribution in [0.15, 0.2) is 54.1 Å². The zero-order valence-corrected chi connectivity index (χ0v) is 20.2. The molecular formula is C23H29F2N3O3S2. The van der Waals surface area contributed by atoms with Gasteiger partial charge in [0.15, 0.2) is 0 Å². The van der Waals surface area contributed by atoms with E-state index in [9.17, 15) is 22.3 Å². The van der Waals surface area contributed by atoms with E-state index in [1.807, 2.05) is 12.1 Å². The van der Waals surface area contributed by atoms with Crippen LogP contribution in [0.25, 0.3) is 0 Å². The van der Waals surface area contributed by atoms with E-state index < -0.39 is 39.3 Å². The minimum Gasteiger partial charge on any atom is -0.390 e. The molecule has 33 heavy (non-hydrogen) atoms. The van der Waals surface area contributed by atoms with Gasteiger partial charge in [-0.15, -0.1) is 0 Å². The Morgan fingerprint density at radius 3 is 2.48 bits per heavy atom. The number of nitrogens with zero attached hydrogens (tertiary/aromatic N) is 1. The number of hydrogen-bond donors (Lipinski definition) is 3. The molecule has 0 spiro atoms. The Kier molecular flexibility index (Phi) is 8.88. The van der Waals surface area contributed by atoms with Crippen LogP contribution in [-0.4, -0.2) is 48.9 Å². The highest BCUT2D eigenvalue weighted by molar-refractivity contribution is 8.03. The van der Waals surface area contributed by atoms with Crippen molar-refractivity contribution in [3.05, 3.63) is 82.4 Å². The monoisotopic (exact) mass is 497 g/mol. The standard InChI is InChI=1S/C23H29F2N3O3S2/c1-3-16-5-4-6-17(9-16)14-26-15-22(29)21(12-18-10-19(24)13-20(25)11-18)28-7-8-32-23(28)27-33(2,30)31/h4-11,13,21-23,26-27,29H,3,12,14-15H2,1-2H3/t21-,22+,23?/m0/s1. The van der Waals surface area contributed by atoms with Gasteiger partial charge in [0.05, 0.1) is 18.4 Å². The first-order valence-electron chi connectivity index (χ1n) is 10.6. The van der Waals surface area contributed by atoms with Crippen molar-refractivity contribution in [2.75, 3.05) is 12.8 Å². The van der Waals surface area contributed by atoms with E-state index in [2.05, 4.69) is 29.1 Å². The molecule has 3 atom stereocenters. The van der Waals surface area contributed by atoms with Crippen LogP contribution < -0.4 is 10.0 Å². The largest absolute Gasteiger partial charge is 0.390 e. The Balaban J connectivity index is 1.75. The van der Waals surface area contributed by atoms with E-state index >= 15 is 0 Å². The zero-order valence-electron chi connectivity index (χ0n) is 18.5. The lowest BCUT2D eigenvalue weighted by atomic mass is 9.99. The summed E-state index contributed by atoms with van der Waals surface area (Å²) in [5, 5.41) is 16.0. The molecule has 0 aliphatic carbocycles. The molecule has 1 heterocycles. The molecule has 0 amide bonds. The molecule has 3 rings (SSSR count). The number of aliphatic hydroxyl groups excluding tert-OH is 1. The van der Waals surface area contributed by atoms with Gasteiger partial charge in [-0.2, -0.15) is 4.72 Å². The Hall–Kier alpha value is -1.98. The number of aryl methyl sites for hydroxylation is 1. The first-order valence-corrected chi connectivity index (χ1v) is 13.5. The van der Waals surface area contributed by atoms with Crippen LogP contribution in [0.3, 0.4) is 0 Å². The molecular weight excluding hydrogens is 468 g/mol. The van der Waals surface area contributed by atoms with Gasteiger partial charge in [-0.1, -0.05) is 43.0 Å². The van der Waals surface area contributed by atoms with Gasteiger partial charge < -0.3 is 15.3 Å². The molecule has 1 aliphatic heterocycles. The summed E-state index contributed by atoms with van der Waals surface area (Å²) in [5.41, 5.74) is 2.00. The predicted octanol–water partition coefficient (Wildman–Crippen LogP) is 2.94. The van der Waals surface area contributed by atoms with Gasteiger partial charge >= 0.3 is 0 Å². The molecule has 3 N–H and O–H groups in total. The van der Waals surface area contributed by atoms with Crippen molar-refractivity contribution in [2.45, 2.75) is 44.0 Å². The second-order valence-electron chi connectivity index (χ2n) is 8.03. The van der Waals surface area contributed by atoms with Crippen LogP contribution >= 0.6 is 11.8 Å². The minimum absolute atomic E-state index is 0.121. The Morgan fingerprint density at radius 2 is 1.82 bits per heavy atom. The lowest BCUT2D eigenvalue weighted by Crippen LogP contribution is -2.53. The number of hydrogen-bond acceptors (Lipinski definition) is 6. The molecule has 1 unspecified atom stereocenters. The number of benzene rings is 2. The second kappa shape index (κ2) is 11.4. The van der Waals surface area contributed by atoms with Crippen LogP contribution in [0.5, 0.6) is 0 Å². The number of sulfonamides is 1. The maximum Gasteiger partial charge on any atom is 0.211 e. The summed E-state index contributed by atoms with van der Waals surface area (Å²) in [5.74, 6) is -1.41. The summed E-state index contributed by atoms with van der Waals surface area (Å²) in [4.78, 5) is 1.68. The summed E-state index contributed by atoms with van der Waals surface area (Å²) in [7, 11) is -3.52. The van der Waals surface area contributed by atoms with Crippen LogP contribution in [0.2, 0.25) is 0 Å². The molecule has 10 heteroatoms. The molecule has 0 aromatic heterocycles. The molecule has 180 valence electrons. The molecule has 2 aromatic carbocycles. The van der Waals surface area contributed by atoms with Crippen molar-refractivity contribution in [3.8, 4) is 0 Å². The van der Waals surface area contributed by atoms with Crippen LogP contribution in [0, 0.1) is 11.6 Å². The van der Waals surface area contributed by atoms with Crippen molar-refractivity contribution < 1.29 is 22.3 Å². The third-order valence-corrected chi connectivity index (χ3v) is 7.00. The van der Waals surface area contributed by atoms with Crippen molar-refractivity contribution in [2.24, 2.45) is 0 Å². The number of aliphatic hydroxyl groups is 1. The van der Waals surface area contributed by atoms with E-state index in [0.29, 0.717) is 12.1 Å². The quantitative estimate of drug-likeness (QED) is 0.443. The van der Waals surface area contributed by atoms with Gasteiger partial charge in [0.1, 0.15) is 17.1 Å². The third-order valence-electron chi connectivity index (χ3n) is 5.30. The maximum atomic E-state index is 13.8. The number of rotatable bonds is 11. The van der Waals surface area contributed by atoms with Gasteiger partial charge in [-0.05, 0) is 47.1 Å². The van der Waals surface area contributed by atoms with E-state index in [0.717, 1.165) is 24.3 Å². The average molecular weight is 498 g/mol. The number of nitrogens with one attached hydrogen (secondary N) is 2. The average Bonchev–Trinajstić information content (AvgIpc) is 3.17. The Labute approximate surface area is 198 Å². The Bertz CT molecular complexity index is 1060. The summed E-state index contributed by atoms with van der Waals surface area (Å²) in [6, 6.07) is 10.7. The molecule has 0 saturated heterocycles. The number of thioether (sulfide) groups is 1. The van der Waals surface area contributed by atoms with E-state index in [1.54, 1.807) is 16.5 Å². The fraction of sp³-hybridized carbons (Fsp3) is 0.391. The van der Waals surface area contributed by atoms with Gasteiger partial charge in [0, 0.05) is 25.4 Å². The lowest BCUT2D eigenvalue weighted by molar-refractivity contribution is 0.0679. The third kappa shape index (κ3) is 7.79. The SMILES string of the molecule is CCc1cccc(CNC[C@@H](O)[C@H](Cc2cc(F)cc(F)c2)N2C=CSC2NS(C)(=O)=O)c1. The van der Waals surface area contributed by atoms with Crippen molar-refractivity contribution >= 4 is 21.8 Å². The van der Waals surface area contributed by atoms with E-state index in [1.165, 1.54) is 29.5 Å². The number of halogens is 2. The second-order valence-corrected chi connectivity index (χ2v) is 10.8. The predicted molar refractivity (Wildman–Crippen MR) is 128 cm³/mol. The van der Waals surface area contributed by atoms with Crippen LogP contribution in [0.4, 0.5) is 8.78 Å². The first-order chi connectivity index (χ1) is 15.6. The van der Waals surface area contributed by atoms with E-state index in [4.69, 9.17) is 0 Å². The molecule has 1 aliphatic rings. The highest BCUT2D eigenvalue weighted by atomic mass is 32.2. The van der Waals surface area contributed by atoms with E-state index in [-0.39, 0.29) is 13.0 Å². The van der Waals surface area contributed by atoms with Gasteiger partial charge in [-0.3, -0.25) is 0 Å². The molecule has 2 aromatic rings. The van der Waals surface area contributed by atoms with Gasteiger partial charge in [-0.25, -0.2) is 17.2 Å². The van der Waals surface area contributed by atoms with Gasteiger partial charge in [0.2, 0.25) is 10.0 Å². The van der Waals surface area contributed by atoms with Gasteiger partial charge in [0.25, 0.3) is 0 Å². The van der Waals surface area contributed by atoms with Crippen molar-refractivity contribution in [1.29, 1.82) is 0 Å². The molecule has 0 saturated carbocycles.